The van der Waals surface area contributed by atoms with Gasteiger partial charge in [-0.05, 0) is 13.3 Å². The first-order valence-electron chi connectivity index (χ1n) is 3.83. The highest BCUT2D eigenvalue weighted by Crippen LogP contribution is 2.11. The molecule has 0 aromatic rings. The van der Waals surface area contributed by atoms with E-state index in [4.69, 9.17) is 4.74 Å². The standard InChI is InChI=1S/C8H17NO2/c1-5-8(3,11-4)6-9-7(2)10/h5-6H2,1-4H3,(H,9,10). The van der Waals surface area contributed by atoms with Gasteiger partial charge in [-0.1, -0.05) is 6.92 Å². The Balaban J connectivity index is 3.78. The number of amides is 1. The lowest BCUT2D eigenvalue weighted by molar-refractivity contribution is -0.120. The molecule has 66 valence electrons. The van der Waals surface area contributed by atoms with Crippen molar-refractivity contribution in [3.05, 3.63) is 0 Å². The lowest BCUT2D eigenvalue weighted by Crippen LogP contribution is -2.40. The predicted molar refractivity (Wildman–Crippen MR) is 44.4 cm³/mol. The van der Waals surface area contributed by atoms with Gasteiger partial charge in [-0.25, -0.2) is 0 Å². The smallest absolute Gasteiger partial charge is 0.216 e. The first-order chi connectivity index (χ1) is 5.04. The summed E-state index contributed by atoms with van der Waals surface area (Å²) in [6.45, 7) is 6.09. The molecular weight excluding hydrogens is 142 g/mol. The van der Waals surface area contributed by atoms with Gasteiger partial charge in [-0.15, -0.1) is 0 Å². The summed E-state index contributed by atoms with van der Waals surface area (Å²) in [6.07, 6.45) is 0.893. The summed E-state index contributed by atoms with van der Waals surface area (Å²) in [4.78, 5) is 10.6. The largest absolute Gasteiger partial charge is 0.377 e. The van der Waals surface area contributed by atoms with Crippen molar-refractivity contribution in [2.24, 2.45) is 0 Å². The van der Waals surface area contributed by atoms with Crippen LogP contribution in [0.1, 0.15) is 27.2 Å². The van der Waals surface area contributed by atoms with Crippen LogP contribution in [-0.2, 0) is 9.53 Å². The zero-order valence-electron chi connectivity index (χ0n) is 7.73. The SMILES string of the molecule is CCC(C)(CNC(C)=O)OC. The molecule has 0 aliphatic heterocycles. The molecule has 0 heterocycles. The third-order valence-electron chi connectivity index (χ3n) is 1.95. The van der Waals surface area contributed by atoms with Gasteiger partial charge in [0.05, 0.1) is 5.60 Å². The van der Waals surface area contributed by atoms with Gasteiger partial charge in [0.2, 0.25) is 5.91 Å². The molecule has 0 saturated carbocycles. The minimum Gasteiger partial charge on any atom is -0.377 e. The van der Waals surface area contributed by atoms with E-state index >= 15 is 0 Å². The van der Waals surface area contributed by atoms with E-state index in [0.717, 1.165) is 6.42 Å². The number of hydrogen-bond acceptors (Lipinski definition) is 2. The van der Waals surface area contributed by atoms with Gasteiger partial charge >= 0.3 is 0 Å². The van der Waals surface area contributed by atoms with Gasteiger partial charge in [0, 0.05) is 20.6 Å². The molecule has 0 aromatic carbocycles. The van der Waals surface area contributed by atoms with E-state index in [0.29, 0.717) is 6.54 Å². The highest BCUT2D eigenvalue weighted by Gasteiger charge is 2.20. The molecule has 1 atom stereocenters. The molecule has 0 aliphatic carbocycles. The van der Waals surface area contributed by atoms with Crippen LogP contribution in [0.5, 0.6) is 0 Å². The lowest BCUT2D eigenvalue weighted by atomic mass is 10.0. The van der Waals surface area contributed by atoms with Crippen LogP contribution in [0.4, 0.5) is 0 Å². The van der Waals surface area contributed by atoms with E-state index in [2.05, 4.69) is 5.32 Å². The van der Waals surface area contributed by atoms with E-state index in [1.165, 1.54) is 6.92 Å². The van der Waals surface area contributed by atoms with Crippen molar-refractivity contribution in [2.75, 3.05) is 13.7 Å². The molecule has 1 unspecified atom stereocenters. The monoisotopic (exact) mass is 159 g/mol. The van der Waals surface area contributed by atoms with Crippen molar-refractivity contribution in [3.63, 3.8) is 0 Å². The normalized spacial score (nSPS) is 15.6. The molecule has 0 bridgehead atoms. The Morgan fingerprint density at radius 2 is 2.18 bits per heavy atom. The molecular formula is C8H17NO2. The maximum absolute atomic E-state index is 10.6. The van der Waals surface area contributed by atoms with Crippen molar-refractivity contribution in [3.8, 4) is 0 Å². The van der Waals surface area contributed by atoms with Crippen molar-refractivity contribution in [1.29, 1.82) is 0 Å². The maximum Gasteiger partial charge on any atom is 0.216 e. The van der Waals surface area contributed by atoms with Gasteiger partial charge in [0.15, 0.2) is 0 Å². The minimum atomic E-state index is -0.217. The predicted octanol–water partition coefficient (Wildman–Crippen LogP) is 0.938. The van der Waals surface area contributed by atoms with Gasteiger partial charge in [0.1, 0.15) is 0 Å². The summed E-state index contributed by atoms with van der Waals surface area (Å²) in [6, 6.07) is 0. The van der Waals surface area contributed by atoms with E-state index in [1.54, 1.807) is 7.11 Å². The van der Waals surface area contributed by atoms with Gasteiger partial charge in [-0.3, -0.25) is 4.79 Å². The summed E-state index contributed by atoms with van der Waals surface area (Å²) in [5, 5.41) is 2.72. The van der Waals surface area contributed by atoms with Crippen LogP contribution in [0.15, 0.2) is 0 Å². The maximum atomic E-state index is 10.6. The summed E-state index contributed by atoms with van der Waals surface area (Å²) in [7, 11) is 1.66. The number of ether oxygens (including phenoxy) is 1. The first kappa shape index (κ1) is 10.4. The Morgan fingerprint density at radius 3 is 2.45 bits per heavy atom. The van der Waals surface area contributed by atoms with E-state index in [-0.39, 0.29) is 11.5 Å². The topological polar surface area (TPSA) is 38.3 Å². The average Bonchev–Trinajstić information content (AvgIpc) is 2.00. The Labute approximate surface area is 68.1 Å². The van der Waals surface area contributed by atoms with Gasteiger partial charge in [0.25, 0.3) is 0 Å². The van der Waals surface area contributed by atoms with Gasteiger partial charge in [-0.2, -0.15) is 0 Å². The fraction of sp³-hybridized carbons (Fsp3) is 0.875. The van der Waals surface area contributed by atoms with E-state index < -0.39 is 0 Å². The third kappa shape index (κ3) is 3.98. The summed E-state index contributed by atoms with van der Waals surface area (Å²) < 4.78 is 5.22. The number of nitrogens with one attached hydrogen (secondary N) is 1. The number of methoxy groups -OCH3 is 1. The molecule has 1 N–H and O–H groups in total. The molecule has 3 nitrogen and oxygen atoms in total. The second kappa shape index (κ2) is 4.34. The summed E-state index contributed by atoms with van der Waals surface area (Å²) in [5.74, 6) is -0.0123. The second-order valence-corrected chi connectivity index (χ2v) is 2.92. The minimum absolute atomic E-state index is 0.0123. The average molecular weight is 159 g/mol. The molecule has 0 radical (unpaired) electrons. The van der Waals surface area contributed by atoms with E-state index in [9.17, 15) is 4.79 Å². The molecule has 0 fully saturated rings. The van der Waals surface area contributed by atoms with Crippen LogP contribution in [0, 0.1) is 0 Å². The highest BCUT2D eigenvalue weighted by molar-refractivity contribution is 5.72. The Kier molecular flexibility index (Phi) is 4.11. The molecule has 1 amide bonds. The molecule has 0 aromatic heterocycles. The van der Waals surface area contributed by atoms with Crippen molar-refractivity contribution < 1.29 is 9.53 Å². The number of rotatable bonds is 4. The van der Waals surface area contributed by atoms with Crippen LogP contribution in [-0.4, -0.2) is 25.2 Å². The molecule has 0 saturated heterocycles. The summed E-state index contributed by atoms with van der Waals surface area (Å²) >= 11 is 0. The fourth-order valence-corrected chi connectivity index (χ4v) is 0.653. The van der Waals surface area contributed by atoms with Gasteiger partial charge < -0.3 is 10.1 Å². The first-order valence-corrected chi connectivity index (χ1v) is 3.83. The Hall–Kier alpha value is -0.570. The van der Waals surface area contributed by atoms with Crippen molar-refractivity contribution in [1.82, 2.24) is 5.32 Å². The van der Waals surface area contributed by atoms with Crippen molar-refractivity contribution >= 4 is 5.91 Å². The van der Waals surface area contributed by atoms with Crippen LogP contribution >= 0.6 is 0 Å². The molecule has 11 heavy (non-hydrogen) atoms. The molecule has 0 spiro atoms. The summed E-state index contributed by atoms with van der Waals surface area (Å²) in [5.41, 5.74) is -0.217. The van der Waals surface area contributed by atoms with Crippen LogP contribution < -0.4 is 5.32 Å². The quantitative estimate of drug-likeness (QED) is 0.663. The Bertz CT molecular complexity index is 130. The zero-order chi connectivity index (χ0) is 8.91. The molecule has 0 aliphatic rings. The Morgan fingerprint density at radius 1 is 1.64 bits per heavy atom. The van der Waals surface area contributed by atoms with Crippen LogP contribution in [0.2, 0.25) is 0 Å². The molecule has 0 rings (SSSR count). The molecule has 3 heteroatoms. The second-order valence-electron chi connectivity index (χ2n) is 2.92. The number of carbonyl (C=O) groups excluding carboxylic acids is 1. The highest BCUT2D eigenvalue weighted by atomic mass is 16.5. The number of carbonyl (C=O) groups is 1. The zero-order valence-corrected chi connectivity index (χ0v) is 7.73. The lowest BCUT2D eigenvalue weighted by Gasteiger charge is -2.26. The van der Waals surface area contributed by atoms with Crippen LogP contribution in [0.3, 0.4) is 0 Å². The van der Waals surface area contributed by atoms with E-state index in [1.807, 2.05) is 13.8 Å². The van der Waals surface area contributed by atoms with Crippen molar-refractivity contribution in [2.45, 2.75) is 32.8 Å². The third-order valence-corrected chi connectivity index (χ3v) is 1.95. The fourth-order valence-electron chi connectivity index (χ4n) is 0.653. The van der Waals surface area contributed by atoms with Crippen LogP contribution in [0.25, 0.3) is 0 Å². The number of hydrogen-bond donors (Lipinski definition) is 1.